The number of nitrogens with zero attached hydrogens (tertiary/aromatic N) is 3. The molecule has 0 aliphatic rings. The molecular formula is C41H27N3. The summed E-state index contributed by atoms with van der Waals surface area (Å²) in [5, 5.41) is 4.98. The monoisotopic (exact) mass is 561 g/mol. The lowest BCUT2D eigenvalue weighted by molar-refractivity contribution is 1.14. The molecule has 0 saturated carbocycles. The van der Waals surface area contributed by atoms with Gasteiger partial charge in [-0.3, -0.25) is 4.98 Å². The first-order chi connectivity index (χ1) is 21.8. The van der Waals surface area contributed by atoms with Gasteiger partial charge in [-0.1, -0.05) is 109 Å². The van der Waals surface area contributed by atoms with Crippen molar-refractivity contribution < 1.29 is 0 Å². The van der Waals surface area contributed by atoms with Crippen LogP contribution in [0.2, 0.25) is 0 Å². The Balaban J connectivity index is 1.29. The van der Waals surface area contributed by atoms with E-state index >= 15 is 0 Å². The van der Waals surface area contributed by atoms with Crippen molar-refractivity contribution in [2.45, 2.75) is 0 Å². The van der Waals surface area contributed by atoms with E-state index in [0.29, 0.717) is 0 Å². The quantitative estimate of drug-likeness (QED) is 0.210. The summed E-state index contributed by atoms with van der Waals surface area (Å²) in [4.78, 5) is 4.89. The normalized spacial score (nSPS) is 11.6. The van der Waals surface area contributed by atoms with Crippen LogP contribution in [0, 0.1) is 0 Å². The molecule has 206 valence electrons. The third-order valence-corrected chi connectivity index (χ3v) is 8.77. The molecule has 3 nitrogen and oxygen atoms in total. The summed E-state index contributed by atoms with van der Waals surface area (Å²) in [7, 11) is 0. The number of hydrogen-bond acceptors (Lipinski definition) is 1. The molecule has 0 atom stereocenters. The van der Waals surface area contributed by atoms with Crippen molar-refractivity contribution in [2.24, 2.45) is 0 Å². The molecule has 0 saturated heterocycles. The fraction of sp³-hybridized carbons (Fsp3) is 0. The van der Waals surface area contributed by atoms with Crippen LogP contribution < -0.4 is 0 Å². The highest BCUT2D eigenvalue weighted by molar-refractivity contribution is 6.19. The first-order valence-corrected chi connectivity index (χ1v) is 15.0. The Morgan fingerprint density at radius 2 is 0.841 bits per heavy atom. The van der Waals surface area contributed by atoms with Gasteiger partial charge in [0.05, 0.1) is 39.6 Å². The molecule has 9 aromatic rings. The van der Waals surface area contributed by atoms with E-state index in [0.717, 1.165) is 28.1 Å². The van der Waals surface area contributed by atoms with E-state index in [-0.39, 0.29) is 0 Å². The molecule has 3 heterocycles. The summed E-state index contributed by atoms with van der Waals surface area (Å²) in [6.07, 6.45) is 2.00. The van der Waals surface area contributed by atoms with Crippen LogP contribution in [0.5, 0.6) is 0 Å². The van der Waals surface area contributed by atoms with Gasteiger partial charge in [-0.2, -0.15) is 0 Å². The Morgan fingerprint density at radius 1 is 0.341 bits per heavy atom. The summed E-state index contributed by atoms with van der Waals surface area (Å²) in [6, 6.07) is 56.3. The maximum atomic E-state index is 4.89. The van der Waals surface area contributed by atoms with Crippen LogP contribution in [-0.4, -0.2) is 14.1 Å². The maximum Gasteiger partial charge on any atom is 0.0703 e. The molecule has 44 heavy (non-hydrogen) atoms. The van der Waals surface area contributed by atoms with Gasteiger partial charge in [0.25, 0.3) is 0 Å². The van der Waals surface area contributed by atoms with Gasteiger partial charge < -0.3 is 9.13 Å². The van der Waals surface area contributed by atoms with Gasteiger partial charge in [-0.25, -0.2) is 0 Å². The third-order valence-electron chi connectivity index (χ3n) is 8.77. The number of aromatic nitrogens is 3. The van der Waals surface area contributed by atoms with Gasteiger partial charge in [0, 0.05) is 32.8 Å². The molecule has 6 aromatic carbocycles. The second-order valence-corrected chi connectivity index (χ2v) is 11.3. The van der Waals surface area contributed by atoms with E-state index < -0.39 is 0 Å². The highest BCUT2D eigenvalue weighted by Gasteiger charge is 2.18. The Bertz CT molecular complexity index is 2280. The van der Waals surface area contributed by atoms with Gasteiger partial charge >= 0.3 is 0 Å². The molecule has 3 heteroatoms. The minimum Gasteiger partial charge on any atom is -0.309 e. The van der Waals surface area contributed by atoms with Crippen molar-refractivity contribution in [1.82, 2.24) is 14.1 Å². The van der Waals surface area contributed by atoms with Crippen molar-refractivity contribution in [3.8, 4) is 33.8 Å². The standard InChI is InChI=1S/C41H27N3/c1-3-11-28(12-4-1)29-19-21-31(22-20-29)43-38-17-9-7-15-33(38)35-25-36-34-16-8-10-18-39(34)44(41(36)26-40(35)43)32-23-24-37(42-27-32)30-13-5-2-6-14-30/h1-27H. The Morgan fingerprint density at radius 3 is 1.43 bits per heavy atom. The van der Waals surface area contributed by atoms with E-state index in [2.05, 4.69) is 161 Å². The van der Waals surface area contributed by atoms with Gasteiger partial charge in [0.15, 0.2) is 0 Å². The first kappa shape index (κ1) is 24.6. The van der Waals surface area contributed by atoms with Crippen LogP contribution in [0.4, 0.5) is 0 Å². The third kappa shape index (κ3) is 3.80. The summed E-state index contributed by atoms with van der Waals surface area (Å²) >= 11 is 0. The summed E-state index contributed by atoms with van der Waals surface area (Å²) < 4.78 is 4.75. The predicted octanol–water partition coefficient (Wildman–Crippen LogP) is 10.6. The van der Waals surface area contributed by atoms with Gasteiger partial charge in [-0.15, -0.1) is 0 Å². The zero-order chi connectivity index (χ0) is 29.0. The fourth-order valence-electron chi connectivity index (χ4n) is 6.72. The Labute approximate surface area is 254 Å². The average Bonchev–Trinajstić information content (AvgIpc) is 3.60. The molecule has 0 amide bonds. The molecule has 0 bridgehead atoms. The van der Waals surface area contributed by atoms with Crippen molar-refractivity contribution >= 4 is 43.6 Å². The average molecular weight is 562 g/mol. The molecule has 0 fully saturated rings. The topological polar surface area (TPSA) is 22.8 Å². The maximum absolute atomic E-state index is 4.89. The van der Waals surface area contributed by atoms with Crippen molar-refractivity contribution in [2.75, 3.05) is 0 Å². The zero-order valence-electron chi connectivity index (χ0n) is 23.9. The van der Waals surface area contributed by atoms with Crippen LogP contribution in [-0.2, 0) is 0 Å². The van der Waals surface area contributed by atoms with Crippen LogP contribution in [0.1, 0.15) is 0 Å². The van der Waals surface area contributed by atoms with E-state index in [1.54, 1.807) is 0 Å². The second-order valence-electron chi connectivity index (χ2n) is 11.3. The number of para-hydroxylation sites is 2. The van der Waals surface area contributed by atoms with E-state index in [9.17, 15) is 0 Å². The lowest BCUT2D eigenvalue weighted by atomic mass is 10.1. The van der Waals surface area contributed by atoms with Gasteiger partial charge in [-0.05, 0) is 59.7 Å². The summed E-state index contributed by atoms with van der Waals surface area (Å²) in [5.74, 6) is 0. The van der Waals surface area contributed by atoms with Crippen LogP contribution in [0.15, 0.2) is 164 Å². The minimum atomic E-state index is 0.969. The van der Waals surface area contributed by atoms with Crippen molar-refractivity contribution in [3.05, 3.63) is 164 Å². The zero-order valence-corrected chi connectivity index (χ0v) is 23.9. The smallest absolute Gasteiger partial charge is 0.0703 e. The Kier molecular flexibility index (Phi) is 5.50. The van der Waals surface area contributed by atoms with E-state index in [1.165, 1.54) is 49.2 Å². The van der Waals surface area contributed by atoms with Crippen molar-refractivity contribution in [3.63, 3.8) is 0 Å². The number of benzene rings is 6. The van der Waals surface area contributed by atoms with Crippen molar-refractivity contribution in [1.29, 1.82) is 0 Å². The highest BCUT2D eigenvalue weighted by Crippen LogP contribution is 2.39. The first-order valence-electron chi connectivity index (χ1n) is 15.0. The van der Waals surface area contributed by atoms with Crippen LogP contribution >= 0.6 is 0 Å². The lowest BCUT2D eigenvalue weighted by Crippen LogP contribution is -1.97. The summed E-state index contributed by atoms with van der Waals surface area (Å²) in [6.45, 7) is 0. The largest absolute Gasteiger partial charge is 0.309 e. The molecule has 0 aliphatic heterocycles. The van der Waals surface area contributed by atoms with E-state index in [1.807, 2.05) is 12.3 Å². The number of pyridine rings is 1. The van der Waals surface area contributed by atoms with Crippen LogP contribution in [0.25, 0.3) is 77.4 Å². The molecule has 9 rings (SSSR count). The number of hydrogen-bond donors (Lipinski definition) is 0. The number of fused-ring (bicyclic) bond motifs is 6. The molecule has 3 aromatic heterocycles. The molecule has 0 unspecified atom stereocenters. The predicted molar refractivity (Wildman–Crippen MR) is 184 cm³/mol. The fourth-order valence-corrected chi connectivity index (χ4v) is 6.72. The number of rotatable bonds is 4. The van der Waals surface area contributed by atoms with Gasteiger partial charge in [0.2, 0.25) is 0 Å². The second kappa shape index (κ2) is 9.82. The highest BCUT2D eigenvalue weighted by atomic mass is 15.0. The SMILES string of the molecule is c1ccc(-c2ccc(-n3c4ccccc4c4cc5c6ccccc6n(-c6ccc(-c7ccccc7)nc6)c5cc43)cc2)cc1. The minimum absolute atomic E-state index is 0.969. The van der Waals surface area contributed by atoms with Gasteiger partial charge in [0.1, 0.15) is 0 Å². The molecule has 0 spiro atoms. The molecule has 0 N–H and O–H groups in total. The molecule has 0 radical (unpaired) electrons. The van der Waals surface area contributed by atoms with Crippen LogP contribution in [0.3, 0.4) is 0 Å². The Hall–Kier alpha value is -5.93. The summed E-state index contributed by atoms with van der Waals surface area (Å²) in [5.41, 5.74) is 11.4. The molecular weight excluding hydrogens is 534 g/mol. The van der Waals surface area contributed by atoms with E-state index in [4.69, 9.17) is 4.98 Å². The lowest BCUT2D eigenvalue weighted by Gasteiger charge is -2.11. The molecule has 0 aliphatic carbocycles.